The van der Waals surface area contributed by atoms with Gasteiger partial charge in [-0.25, -0.2) is 0 Å². The van der Waals surface area contributed by atoms with Gasteiger partial charge in [0.25, 0.3) is 0 Å². The molecule has 0 aliphatic rings. The van der Waals surface area contributed by atoms with E-state index in [0.29, 0.717) is 22.7 Å². The van der Waals surface area contributed by atoms with Gasteiger partial charge in [0.1, 0.15) is 5.52 Å². The van der Waals surface area contributed by atoms with E-state index in [4.69, 9.17) is 0 Å². The summed E-state index contributed by atoms with van der Waals surface area (Å²) in [6.07, 6.45) is 0.671. The third-order valence-corrected chi connectivity index (χ3v) is 4.70. The Morgan fingerprint density at radius 3 is 2.26 bits per heavy atom. The highest BCUT2D eigenvalue weighted by atomic mass is 16.3. The third kappa shape index (κ3) is 2.71. The number of aryl methyl sites for hydroxylation is 1. The van der Waals surface area contributed by atoms with Gasteiger partial charge in [-0.05, 0) is 30.2 Å². The van der Waals surface area contributed by atoms with E-state index in [1.54, 1.807) is 6.07 Å². The Morgan fingerprint density at radius 1 is 0.815 bits per heavy atom. The summed E-state index contributed by atoms with van der Waals surface area (Å²) in [5, 5.41) is 41.0. The molecule has 0 aliphatic heterocycles. The number of fused-ring (bicyclic) bond motifs is 3. The second kappa shape index (κ2) is 6.25. The average molecular weight is 363 g/mol. The third-order valence-electron chi connectivity index (χ3n) is 4.70. The number of aromatic hydroxyl groups is 4. The molecule has 0 bridgehead atoms. The first-order chi connectivity index (χ1) is 13.0. The molecule has 27 heavy (non-hydrogen) atoms. The van der Waals surface area contributed by atoms with Crippen LogP contribution in [0.15, 0.2) is 54.6 Å². The molecule has 0 unspecified atom stereocenters. The van der Waals surface area contributed by atoms with Crippen LogP contribution in [0.1, 0.15) is 16.8 Å². The second-order valence-electron chi connectivity index (χ2n) is 6.40. The Kier molecular flexibility index (Phi) is 3.88. The summed E-state index contributed by atoms with van der Waals surface area (Å²) >= 11 is 0. The van der Waals surface area contributed by atoms with E-state index >= 15 is 0 Å². The van der Waals surface area contributed by atoms with Gasteiger partial charge in [-0.15, -0.1) is 0 Å². The van der Waals surface area contributed by atoms with E-state index in [2.05, 4.69) is 0 Å². The zero-order chi connectivity index (χ0) is 19.1. The molecule has 1 aromatic heterocycles. The van der Waals surface area contributed by atoms with Gasteiger partial charge in [-0.1, -0.05) is 30.3 Å². The standard InChI is InChI=1S/C21H17NO5/c23-16-8-7-13-14-10-17(24)18(25)11-15(14)22(20(13)21(16)27)19(26)9-6-12-4-2-1-3-5-12/h1-5,7-8,10-11,23-25,27H,6,9H2. The summed E-state index contributed by atoms with van der Waals surface area (Å²) in [6, 6.07) is 15.0. The van der Waals surface area contributed by atoms with Crippen molar-refractivity contribution in [3.8, 4) is 23.0 Å². The summed E-state index contributed by atoms with van der Waals surface area (Å²) in [5.74, 6) is -1.77. The topological polar surface area (TPSA) is 103 Å². The first-order valence-electron chi connectivity index (χ1n) is 8.45. The maximum Gasteiger partial charge on any atom is 0.232 e. The van der Waals surface area contributed by atoms with E-state index in [9.17, 15) is 25.2 Å². The van der Waals surface area contributed by atoms with Crippen LogP contribution in [0, 0.1) is 0 Å². The number of hydrogen-bond acceptors (Lipinski definition) is 5. The van der Waals surface area contributed by atoms with Crippen LogP contribution in [-0.2, 0) is 6.42 Å². The van der Waals surface area contributed by atoms with E-state index in [1.165, 1.54) is 22.8 Å². The van der Waals surface area contributed by atoms with E-state index < -0.39 is 5.75 Å². The van der Waals surface area contributed by atoms with Crippen molar-refractivity contribution < 1.29 is 25.2 Å². The lowest BCUT2D eigenvalue weighted by Gasteiger charge is -2.08. The van der Waals surface area contributed by atoms with Gasteiger partial charge in [0.05, 0.1) is 5.52 Å². The van der Waals surface area contributed by atoms with Crippen molar-refractivity contribution in [3.05, 3.63) is 60.2 Å². The van der Waals surface area contributed by atoms with Crippen molar-refractivity contribution in [1.82, 2.24) is 4.57 Å². The predicted molar refractivity (Wildman–Crippen MR) is 101 cm³/mol. The lowest BCUT2D eigenvalue weighted by Crippen LogP contribution is -2.11. The summed E-state index contributed by atoms with van der Waals surface area (Å²) in [7, 11) is 0. The molecule has 0 spiro atoms. The van der Waals surface area contributed by atoms with Crippen LogP contribution < -0.4 is 0 Å². The molecule has 0 amide bonds. The fourth-order valence-electron chi connectivity index (χ4n) is 3.37. The van der Waals surface area contributed by atoms with Gasteiger partial charge in [0, 0.05) is 23.3 Å². The number of benzene rings is 3. The number of carbonyl (C=O) groups is 1. The lowest BCUT2D eigenvalue weighted by atomic mass is 10.1. The molecule has 136 valence electrons. The molecule has 4 aromatic rings. The second-order valence-corrected chi connectivity index (χ2v) is 6.40. The van der Waals surface area contributed by atoms with Gasteiger partial charge < -0.3 is 20.4 Å². The molecule has 4 N–H and O–H groups in total. The quantitative estimate of drug-likeness (QED) is 0.414. The first-order valence-corrected chi connectivity index (χ1v) is 8.45. The summed E-state index contributed by atoms with van der Waals surface area (Å²) in [6.45, 7) is 0. The minimum Gasteiger partial charge on any atom is -0.504 e. The minimum absolute atomic E-state index is 0.146. The number of nitrogens with zero attached hydrogens (tertiary/aromatic N) is 1. The predicted octanol–water partition coefficient (Wildman–Crippen LogP) is 3.89. The molecule has 0 saturated heterocycles. The maximum absolute atomic E-state index is 13.0. The van der Waals surface area contributed by atoms with Crippen molar-refractivity contribution in [2.75, 3.05) is 0 Å². The summed E-state index contributed by atoms with van der Waals surface area (Å²) in [5.41, 5.74) is 1.49. The van der Waals surface area contributed by atoms with Crippen molar-refractivity contribution in [3.63, 3.8) is 0 Å². The molecule has 0 radical (unpaired) electrons. The Labute approximate surface area is 154 Å². The van der Waals surface area contributed by atoms with Gasteiger partial charge in [-0.2, -0.15) is 0 Å². The average Bonchev–Trinajstić information content (AvgIpc) is 2.98. The fraction of sp³-hybridized carbons (Fsp3) is 0.0952. The summed E-state index contributed by atoms with van der Waals surface area (Å²) < 4.78 is 1.28. The Hall–Kier alpha value is -3.67. The normalized spacial score (nSPS) is 11.3. The molecule has 6 heteroatoms. The minimum atomic E-state index is -0.421. The van der Waals surface area contributed by atoms with Crippen LogP contribution in [0.5, 0.6) is 23.0 Å². The number of hydrogen-bond donors (Lipinski definition) is 4. The molecule has 1 heterocycles. The zero-order valence-electron chi connectivity index (χ0n) is 14.3. The van der Waals surface area contributed by atoms with Crippen LogP contribution in [0.4, 0.5) is 0 Å². The van der Waals surface area contributed by atoms with Crippen molar-refractivity contribution >= 4 is 27.7 Å². The number of aromatic nitrogens is 1. The number of phenols is 4. The summed E-state index contributed by atoms with van der Waals surface area (Å²) in [4.78, 5) is 13.0. The van der Waals surface area contributed by atoms with Crippen molar-refractivity contribution in [2.45, 2.75) is 12.8 Å². The molecule has 0 saturated carbocycles. The maximum atomic E-state index is 13.0. The highest BCUT2D eigenvalue weighted by molar-refractivity contribution is 6.16. The van der Waals surface area contributed by atoms with Gasteiger partial charge in [0.2, 0.25) is 5.91 Å². The molecule has 0 atom stereocenters. The molecule has 6 nitrogen and oxygen atoms in total. The highest BCUT2D eigenvalue weighted by Crippen LogP contribution is 2.42. The molecule has 3 aromatic carbocycles. The zero-order valence-corrected chi connectivity index (χ0v) is 14.3. The number of carbonyl (C=O) groups excluding carboxylic acids is 1. The van der Waals surface area contributed by atoms with E-state index in [1.807, 2.05) is 30.3 Å². The van der Waals surface area contributed by atoms with Crippen LogP contribution in [0.25, 0.3) is 21.8 Å². The first kappa shape index (κ1) is 16.8. The van der Waals surface area contributed by atoms with Crippen molar-refractivity contribution in [1.29, 1.82) is 0 Å². The smallest absolute Gasteiger partial charge is 0.232 e. The SMILES string of the molecule is O=C(CCc1ccccc1)n1c2cc(O)c(O)cc2c2ccc(O)c(O)c21. The largest absolute Gasteiger partial charge is 0.504 e. The van der Waals surface area contributed by atoms with Crippen molar-refractivity contribution in [2.24, 2.45) is 0 Å². The Balaban J connectivity index is 1.90. The molecular weight excluding hydrogens is 346 g/mol. The van der Waals surface area contributed by atoms with Crippen LogP contribution in [0.3, 0.4) is 0 Å². The monoisotopic (exact) mass is 363 g/mol. The van der Waals surface area contributed by atoms with Crippen LogP contribution in [0.2, 0.25) is 0 Å². The Morgan fingerprint density at radius 2 is 1.52 bits per heavy atom. The van der Waals surface area contributed by atoms with Gasteiger partial charge in [-0.3, -0.25) is 9.36 Å². The van der Waals surface area contributed by atoms with Gasteiger partial charge in [0.15, 0.2) is 23.0 Å². The van der Waals surface area contributed by atoms with Gasteiger partial charge >= 0.3 is 0 Å². The highest BCUT2D eigenvalue weighted by Gasteiger charge is 2.22. The van der Waals surface area contributed by atoms with E-state index in [0.717, 1.165) is 5.56 Å². The molecule has 4 rings (SSSR count). The number of rotatable bonds is 3. The fourth-order valence-corrected chi connectivity index (χ4v) is 3.37. The number of phenolic OH excluding ortho intramolecular Hbond substituents is 4. The lowest BCUT2D eigenvalue weighted by molar-refractivity contribution is 0.0912. The Bertz CT molecular complexity index is 1180. The van der Waals surface area contributed by atoms with Crippen LogP contribution in [-0.4, -0.2) is 30.9 Å². The van der Waals surface area contributed by atoms with Crippen LogP contribution >= 0.6 is 0 Å². The molecule has 0 fully saturated rings. The molecule has 0 aliphatic carbocycles. The molecular formula is C21H17NO5. The van der Waals surface area contributed by atoms with E-state index in [-0.39, 0.29) is 35.1 Å².